The Morgan fingerprint density at radius 1 is 1.27 bits per heavy atom. The van der Waals surface area contributed by atoms with Crippen LogP contribution in [0.2, 0.25) is 0 Å². The molecule has 0 spiro atoms. The second-order valence-electron chi connectivity index (χ2n) is 4.82. The molecule has 0 aliphatic heterocycles. The Kier molecular flexibility index (Phi) is 3.18. The molecule has 1 aromatic rings. The van der Waals surface area contributed by atoms with Gasteiger partial charge in [-0.2, -0.15) is 0 Å². The third-order valence-electron chi connectivity index (χ3n) is 2.31. The summed E-state index contributed by atoms with van der Waals surface area (Å²) >= 11 is 0. The average molecular weight is 206 g/mol. The number of carbonyl (C=O) groups excluding carboxylic acids is 1. The van der Waals surface area contributed by atoms with Gasteiger partial charge in [0.05, 0.1) is 0 Å². The highest BCUT2D eigenvalue weighted by atomic mass is 16.5. The van der Waals surface area contributed by atoms with Crippen molar-refractivity contribution in [2.75, 3.05) is 0 Å². The Bertz CT molecular complexity index is 373. The van der Waals surface area contributed by atoms with Gasteiger partial charge in [0, 0.05) is 6.92 Å². The van der Waals surface area contributed by atoms with E-state index in [2.05, 4.69) is 26.8 Å². The van der Waals surface area contributed by atoms with Gasteiger partial charge in [0.25, 0.3) is 0 Å². The molecule has 0 bridgehead atoms. The number of carbonyl (C=O) groups is 1. The lowest BCUT2D eigenvalue weighted by atomic mass is 9.86. The molecule has 0 aliphatic carbocycles. The van der Waals surface area contributed by atoms with E-state index in [0.29, 0.717) is 5.75 Å². The van der Waals surface area contributed by atoms with Crippen molar-refractivity contribution in [3.05, 3.63) is 29.3 Å². The Balaban J connectivity index is 3.11. The molecule has 82 valence electrons. The fourth-order valence-electron chi connectivity index (χ4n) is 1.33. The van der Waals surface area contributed by atoms with Gasteiger partial charge in [-0.05, 0) is 29.5 Å². The SMILES string of the molecule is CC(=O)Oc1cc(C(C)(C)C)ccc1C. The van der Waals surface area contributed by atoms with E-state index in [1.165, 1.54) is 12.5 Å². The van der Waals surface area contributed by atoms with Crippen LogP contribution < -0.4 is 4.74 Å². The van der Waals surface area contributed by atoms with Gasteiger partial charge >= 0.3 is 5.97 Å². The number of ether oxygens (including phenoxy) is 1. The number of hydrogen-bond donors (Lipinski definition) is 0. The third kappa shape index (κ3) is 3.08. The maximum atomic E-state index is 10.9. The van der Waals surface area contributed by atoms with E-state index in [1.807, 2.05) is 19.1 Å². The van der Waals surface area contributed by atoms with Crippen LogP contribution in [0.25, 0.3) is 0 Å². The third-order valence-corrected chi connectivity index (χ3v) is 2.31. The molecule has 15 heavy (non-hydrogen) atoms. The highest BCUT2D eigenvalue weighted by molar-refractivity contribution is 5.69. The summed E-state index contributed by atoms with van der Waals surface area (Å²) in [5, 5.41) is 0. The lowest BCUT2D eigenvalue weighted by Crippen LogP contribution is -2.12. The van der Waals surface area contributed by atoms with Crippen molar-refractivity contribution in [3.8, 4) is 5.75 Å². The molecule has 1 rings (SSSR count). The van der Waals surface area contributed by atoms with Gasteiger partial charge in [-0.1, -0.05) is 32.9 Å². The molecule has 0 saturated heterocycles. The first-order valence-corrected chi connectivity index (χ1v) is 5.10. The van der Waals surface area contributed by atoms with Crippen molar-refractivity contribution in [1.82, 2.24) is 0 Å². The first-order chi connectivity index (χ1) is 6.80. The summed E-state index contributed by atoms with van der Waals surface area (Å²) in [4.78, 5) is 10.9. The molecular formula is C13H18O2. The van der Waals surface area contributed by atoms with Crippen LogP contribution in [0, 0.1) is 6.92 Å². The first kappa shape index (κ1) is 11.8. The van der Waals surface area contributed by atoms with E-state index in [0.717, 1.165) is 5.56 Å². The van der Waals surface area contributed by atoms with E-state index in [4.69, 9.17) is 4.74 Å². The minimum Gasteiger partial charge on any atom is -0.426 e. The molecule has 0 amide bonds. The van der Waals surface area contributed by atoms with Crippen molar-refractivity contribution in [2.45, 2.75) is 40.0 Å². The van der Waals surface area contributed by atoms with E-state index < -0.39 is 0 Å². The van der Waals surface area contributed by atoms with Crippen LogP contribution in [-0.2, 0) is 10.2 Å². The minimum atomic E-state index is -0.274. The molecule has 0 heterocycles. The minimum absolute atomic E-state index is 0.0720. The number of aryl methyl sites for hydroxylation is 1. The maximum absolute atomic E-state index is 10.9. The monoisotopic (exact) mass is 206 g/mol. The van der Waals surface area contributed by atoms with Gasteiger partial charge in [-0.15, -0.1) is 0 Å². The van der Waals surface area contributed by atoms with Gasteiger partial charge in [0.1, 0.15) is 5.75 Å². The molecule has 0 fully saturated rings. The second-order valence-corrected chi connectivity index (χ2v) is 4.82. The topological polar surface area (TPSA) is 26.3 Å². The van der Waals surface area contributed by atoms with Crippen LogP contribution in [0.5, 0.6) is 5.75 Å². The summed E-state index contributed by atoms with van der Waals surface area (Å²) in [6, 6.07) is 6.00. The number of hydrogen-bond acceptors (Lipinski definition) is 2. The van der Waals surface area contributed by atoms with E-state index in [1.54, 1.807) is 0 Å². The van der Waals surface area contributed by atoms with Crippen LogP contribution in [-0.4, -0.2) is 5.97 Å². The summed E-state index contributed by atoms with van der Waals surface area (Å²) in [7, 11) is 0. The predicted molar refractivity (Wildman–Crippen MR) is 61.2 cm³/mol. The molecule has 0 aliphatic rings. The van der Waals surface area contributed by atoms with Gasteiger partial charge in [0.15, 0.2) is 0 Å². The molecule has 0 radical (unpaired) electrons. The van der Waals surface area contributed by atoms with Crippen LogP contribution in [0.3, 0.4) is 0 Å². The summed E-state index contributed by atoms with van der Waals surface area (Å²) in [5.41, 5.74) is 2.23. The molecule has 0 atom stereocenters. The van der Waals surface area contributed by atoms with Gasteiger partial charge in [0.2, 0.25) is 0 Å². The van der Waals surface area contributed by atoms with Crippen molar-refractivity contribution in [3.63, 3.8) is 0 Å². The zero-order valence-corrected chi connectivity index (χ0v) is 10.0. The molecular weight excluding hydrogens is 188 g/mol. The lowest BCUT2D eigenvalue weighted by Gasteiger charge is -2.20. The van der Waals surface area contributed by atoms with Crippen LogP contribution in [0.15, 0.2) is 18.2 Å². The largest absolute Gasteiger partial charge is 0.426 e. The van der Waals surface area contributed by atoms with Crippen molar-refractivity contribution < 1.29 is 9.53 Å². The summed E-state index contributed by atoms with van der Waals surface area (Å²) in [6.07, 6.45) is 0. The summed E-state index contributed by atoms with van der Waals surface area (Å²) in [5.74, 6) is 0.388. The fourth-order valence-corrected chi connectivity index (χ4v) is 1.33. The van der Waals surface area contributed by atoms with E-state index in [-0.39, 0.29) is 11.4 Å². The van der Waals surface area contributed by atoms with Gasteiger partial charge in [-0.3, -0.25) is 4.79 Å². The lowest BCUT2D eigenvalue weighted by molar-refractivity contribution is -0.131. The standard InChI is InChI=1S/C13H18O2/c1-9-6-7-11(13(3,4)5)8-12(9)15-10(2)14/h6-8H,1-5H3. The predicted octanol–water partition coefficient (Wildman–Crippen LogP) is 3.22. The van der Waals surface area contributed by atoms with Crippen molar-refractivity contribution in [2.24, 2.45) is 0 Å². The van der Waals surface area contributed by atoms with Crippen LogP contribution in [0.4, 0.5) is 0 Å². The van der Waals surface area contributed by atoms with Gasteiger partial charge in [-0.25, -0.2) is 0 Å². The number of rotatable bonds is 1. The van der Waals surface area contributed by atoms with Crippen molar-refractivity contribution >= 4 is 5.97 Å². The molecule has 0 aromatic heterocycles. The Morgan fingerprint density at radius 3 is 2.33 bits per heavy atom. The highest BCUT2D eigenvalue weighted by Gasteiger charge is 2.15. The summed E-state index contributed by atoms with van der Waals surface area (Å²) in [6.45, 7) is 9.76. The zero-order valence-electron chi connectivity index (χ0n) is 10.0. The quantitative estimate of drug-likeness (QED) is 0.521. The molecule has 1 aromatic carbocycles. The molecule has 0 unspecified atom stereocenters. The summed E-state index contributed by atoms with van der Waals surface area (Å²) < 4.78 is 5.14. The Labute approximate surface area is 91.3 Å². The Hall–Kier alpha value is -1.31. The highest BCUT2D eigenvalue weighted by Crippen LogP contribution is 2.28. The van der Waals surface area contributed by atoms with Crippen LogP contribution in [0.1, 0.15) is 38.8 Å². The Morgan fingerprint density at radius 2 is 1.87 bits per heavy atom. The molecule has 0 saturated carbocycles. The van der Waals surface area contributed by atoms with Crippen LogP contribution >= 0.6 is 0 Å². The second kappa shape index (κ2) is 4.05. The first-order valence-electron chi connectivity index (χ1n) is 5.10. The molecule has 2 heteroatoms. The maximum Gasteiger partial charge on any atom is 0.308 e. The number of esters is 1. The zero-order chi connectivity index (χ0) is 11.6. The van der Waals surface area contributed by atoms with Crippen molar-refractivity contribution in [1.29, 1.82) is 0 Å². The smallest absolute Gasteiger partial charge is 0.308 e. The normalized spacial score (nSPS) is 11.3. The fraction of sp³-hybridized carbons (Fsp3) is 0.462. The van der Waals surface area contributed by atoms with Gasteiger partial charge < -0.3 is 4.74 Å². The molecule has 0 N–H and O–H groups in total. The molecule has 2 nitrogen and oxygen atoms in total. The van der Waals surface area contributed by atoms with E-state index >= 15 is 0 Å². The average Bonchev–Trinajstić information content (AvgIpc) is 2.06. The van der Waals surface area contributed by atoms with E-state index in [9.17, 15) is 4.79 Å². The number of benzene rings is 1.